The number of fused-ring (bicyclic) bond motifs is 3. The van der Waals surface area contributed by atoms with E-state index in [4.69, 9.17) is 9.26 Å². The summed E-state index contributed by atoms with van der Waals surface area (Å²) in [5.41, 5.74) is 3.10. The van der Waals surface area contributed by atoms with E-state index in [2.05, 4.69) is 10.5 Å². The summed E-state index contributed by atoms with van der Waals surface area (Å²) in [6.07, 6.45) is 6.97. The molecule has 126 valence electrons. The molecule has 24 heavy (non-hydrogen) atoms. The van der Waals surface area contributed by atoms with Crippen LogP contribution in [-0.2, 0) is 6.61 Å². The van der Waals surface area contributed by atoms with Crippen molar-refractivity contribution >= 4 is 5.91 Å². The second-order valence-corrected chi connectivity index (χ2v) is 6.79. The third-order valence-electron chi connectivity index (χ3n) is 4.95. The fraction of sp³-hybridized carbons (Fsp3) is 0.474. The topological polar surface area (TPSA) is 64.4 Å². The first-order valence-corrected chi connectivity index (χ1v) is 8.75. The fourth-order valence-corrected chi connectivity index (χ4v) is 3.61. The van der Waals surface area contributed by atoms with E-state index in [0.717, 1.165) is 35.3 Å². The lowest BCUT2D eigenvalue weighted by atomic mass is 10.0. The van der Waals surface area contributed by atoms with Crippen LogP contribution in [0, 0.1) is 6.92 Å². The van der Waals surface area contributed by atoms with Crippen LogP contribution in [0.15, 0.2) is 22.7 Å². The Morgan fingerprint density at radius 1 is 1.21 bits per heavy atom. The maximum Gasteiger partial charge on any atom is 0.274 e. The molecule has 1 amide bonds. The maximum atomic E-state index is 12.6. The first-order valence-electron chi connectivity index (χ1n) is 8.75. The predicted octanol–water partition coefficient (Wildman–Crippen LogP) is 4.00. The number of benzene rings is 1. The number of hydrogen-bond acceptors (Lipinski definition) is 4. The molecule has 4 rings (SSSR count). The number of amides is 1. The quantitative estimate of drug-likeness (QED) is 0.847. The minimum Gasteiger partial charge on any atom is -0.488 e. The lowest BCUT2D eigenvalue weighted by Gasteiger charge is -2.18. The van der Waals surface area contributed by atoms with Gasteiger partial charge in [-0.05, 0) is 31.9 Å². The molecule has 2 heterocycles. The molecule has 2 aromatic rings. The summed E-state index contributed by atoms with van der Waals surface area (Å²) in [5, 5.41) is 7.18. The van der Waals surface area contributed by atoms with Gasteiger partial charge in [-0.3, -0.25) is 4.79 Å². The predicted molar refractivity (Wildman–Crippen MR) is 90.0 cm³/mol. The summed E-state index contributed by atoms with van der Waals surface area (Å²) >= 11 is 0. The summed E-state index contributed by atoms with van der Waals surface area (Å²) in [4.78, 5) is 12.6. The van der Waals surface area contributed by atoms with E-state index in [1.54, 1.807) is 0 Å². The SMILES string of the molecule is Cc1ccc2c(c1)-c1onc(C(=O)NC3CCCCCC3)c1CO2. The van der Waals surface area contributed by atoms with Crippen molar-refractivity contribution in [1.29, 1.82) is 0 Å². The Hall–Kier alpha value is -2.30. The number of aryl methyl sites for hydroxylation is 1. The largest absolute Gasteiger partial charge is 0.488 e. The maximum absolute atomic E-state index is 12.6. The van der Waals surface area contributed by atoms with E-state index < -0.39 is 0 Å². The van der Waals surface area contributed by atoms with Gasteiger partial charge in [0.25, 0.3) is 5.91 Å². The minimum atomic E-state index is -0.147. The molecular weight excluding hydrogens is 304 g/mol. The van der Waals surface area contributed by atoms with Gasteiger partial charge in [0.2, 0.25) is 0 Å². The van der Waals surface area contributed by atoms with E-state index >= 15 is 0 Å². The molecule has 1 aromatic heterocycles. The van der Waals surface area contributed by atoms with Crippen molar-refractivity contribution in [2.45, 2.75) is 58.1 Å². The van der Waals surface area contributed by atoms with Crippen LogP contribution in [0.5, 0.6) is 5.75 Å². The Labute approximate surface area is 141 Å². The van der Waals surface area contributed by atoms with Crippen LogP contribution < -0.4 is 10.1 Å². The minimum absolute atomic E-state index is 0.147. The van der Waals surface area contributed by atoms with E-state index in [1.807, 2.05) is 25.1 Å². The van der Waals surface area contributed by atoms with Gasteiger partial charge in [-0.1, -0.05) is 42.5 Å². The van der Waals surface area contributed by atoms with Crippen LogP contribution in [0.2, 0.25) is 0 Å². The van der Waals surface area contributed by atoms with Crippen LogP contribution in [0.25, 0.3) is 11.3 Å². The zero-order chi connectivity index (χ0) is 16.5. The van der Waals surface area contributed by atoms with Crippen molar-refractivity contribution in [3.63, 3.8) is 0 Å². The molecule has 0 saturated heterocycles. The fourth-order valence-electron chi connectivity index (χ4n) is 3.61. The Kier molecular flexibility index (Phi) is 4.00. The molecule has 0 unspecified atom stereocenters. The van der Waals surface area contributed by atoms with Crippen molar-refractivity contribution in [3.05, 3.63) is 35.0 Å². The highest BCUT2D eigenvalue weighted by Gasteiger charge is 2.29. The van der Waals surface area contributed by atoms with Gasteiger partial charge in [0.15, 0.2) is 11.5 Å². The Bertz CT molecular complexity index is 758. The number of ether oxygens (including phenoxy) is 1. The third-order valence-corrected chi connectivity index (χ3v) is 4.95. The van der Waals surface area contributed by atoms with Crippen LogP contribution in [0.4, 0.5) is 0 Å². The second kappa shape index (κ2) is 6.30. The summed E-state index contributed by atoms with van der Waals surface area (Å²) < 4.78 is 11.3. The molecule has 0 spiro atoms. The molecular formula is C19H22N2O3. The average Bonchev–Trinajstić information content (AvgIpc) is 2.86. The van der Waals surface area contributed by atoms with Crippen molar-refractivity contribution in [3.8, 4) is 17.1 Å². The number of nitrogens with one attached hydrogen (secondary N) is 1. The summed E-state index contributed by atoms with van der Waals surface area (Å²) in [6.45, 7) is 2.34. The average molecular weight is 326 g/mol. The molecule has 1 saturated carbocycles. The van der Waals surface area contributed by atoms with E-state index in [9.17, 15) is 4.79 Å². The van der Waals surface area contributed by atoms with Gasteiger partial charge in [0.1, 0.15) is 12.4 Å². The van der Waals surface area contributed by atoms with Crippen LogP contribution in [-0.4, -0.2) is 17.1 Å². The molecule has 5 nitrogen and oxygen atoms in total. The van der Waals surface area contributed by atoms with Gasteiger partial charge >= 0.3 is 0 Å². The molecule has 2 aliphatic rings. The van der Waals surface area contributed by atoms with Gasteiger partial charge in [0, 0.05) is 6.04 Å². The Morgan fingerprint density at radius 3 is 2.79 bits per heavy atom. The van der Waals surface area contributed by atoms with Gasteiger partial charge < -0.3 is 14.6 Å². The van der Waals surface area contributed by atoms with E-state index in [0.29, 0.717) is 18.1 Å². The second-order valence-electron chi connectivity index (χ2n) is 6.79. The highest BCUT2D eigenvalue weighted by Crippen LogP contribution is 2.39. The van der Waals surface area contributed by atoms with Gasteiger partial charge in [-0.15, -0.1) is 0 Å². The highest BCUT2D eigenvalue weighted by molar-refractivity contribution is 5.95. The first kappa shape index (κ1) is 15.2. The van der Waals surface area contributed by atoms with Gasteiger partial charge in [0.05, 0.1) is 11.1 Å². The Balaban J connectivity index is 1.59. The van der Waals surface area contributed by atoms with Crippen molar-refractivity contribution in [1.82, 2.24) is 10.5 Å². The Morgan fingerprint density at radius 2 is 2.00 bits per heavy atom. The van der Waals surface area contributed by atoms with Crippen LogP contribution >= 0.6 is 0 Å². The number of hydrogen-bond donors (Lipinski definition) is 1. The van der Waals surface area contributed by atoms with Crippen LogP contribution in [0.3, 0.4) is 0 Å². The zero-order valence-electron chi connectivity index (χ0n) is 13.9. The van der Waals surface area contributed by atoms with Gasteiger partial charge in [-0.2, -0.15) is 0 Å². The van der Waals surface area contributed by atoms with Crippen molar-refractivity contribution in [2.75, 3.05) is 0 Å². The summed E-state index contributed by atoms with van der Waals surface area (Å²) in [5.74, 6) is 1.29. The summed E-state index contributed by atoms with van der Waals surface area (Å²) in [6, 6.07) is 6.18. The number of aromatic nitrogens is 1. The molecule has 1 aliphatic carbocycles. The van der Waals surface area contributed by atoms with Crippen molar-refractivity contribution < 1.29 is 14.1 Å². The third kappa shape index (κ3) is 2.79. The lowest BCUT2D eigenvalue weighted by Crippen LogP contribution is -2.35. The first-order chi connectivity index (χ1) is 11.7. The number of carbonyl (C=O) groups is 1. The molecule has 1 N–H and O–H groups in total. The monoisotopic (exact) mass is 326 g/mol. The molecule has 1 fully saturated rings. The lowest BCUT2D eigenvalue weighted by molar-refractivity contribution is 0.0922. The standard InChI is InChI=1S/C19H22N2O3/c1-12-8-9-16-14(10-12)18-15(11-23-16)17(21-24-18)19(22)20-13-6-4-2-3-5-7-13/h8-10,13H,2-7,11H2,1H3,(H,20,22). The molecule has 1 aliphatic heterocycles. The highest BCUT2D eigenvalue weighted by atomic mass is 16.5. The smallest absolute Gasteiger partial charge is 0.274 e. The molecule has 0 bridgehead atoms. The molecule has 1 aromatic carbocycles. The normalized spacial score (nSPS) is 17.4. The summed E-state index contributed by atoms with van der Waals surface area (Å²) in [7, 11) is 0. The zero-order valence-corrected chi connectivity index (χ0v) is 13.9. The number of nitrogens with zero attached hydrogens (tertiary/aromatic N) is 1. The van der Waals surface area contributed by atoms with Gasteiger partial charge in [-0.25, -0.2) is 0 Å². The van der Waals surface area contributed by atoms with E-state index in [-0.39, 0.29) is 11.9 Å². The van der Waals surface area contributed by atoms with Crippen LogP contribution in [0.1, 0.15) is 60.1 Å². The molecule has 0 atom stereocenters. The van der Waals surface area contributed by atoms with E-state index in [1.165, 1.54) is 25.7 Å². The number of carbonyl (C=O) groups excluding carboxylic acids is 1. The molecule has 0 radical (unpaired) electrons. The van der Waals surface area contributed by atoms with Crippen molar-refractivity contribution in [2.24, 2.45) is 0 Å². The number of rotatable bonds is 2. The molecule has 5 heteroatoms.